The molecule has 0 aromatic heterocycles. The van der Waals surface area contributed by atoms with Crippen molar-refractivity contribution >= 4 is 25.5 Å². The van der Waals surface area contributed by atoms with E-state index in [1.807, 2.05) is 33.3 Å². The highest BCUT2D eigenvalue weighted by Gasteiger charge is 2.39. The third-order valence-corrected chi connectivity index (χ3v) is 10.9. The van der Waals surface area contributed by atoms with E-state index in [9.17, 15) is 34.1 Å². The van der Waals surface area contributed by atoms with E-state index in [2.05, 4.69) is 50.3 Å². The average Bonchev–Trinajstić information content (AvgIpc) is 3.44. The summed E-state index contributed by atoms with van der Waals surface area (Å²) in [6.07, 6.45) is 32.1. The summed E-state index contributed by atoms with van der Waals surface area (Å²) in [4.78, 5) is 48.1. The van der Waals surface area contributed by atoms with Gasteiger partial charge in [0.05, 0.1) is 40.0 Å². The van der Waals surface area contributed by atoms with Crippen molar-refractivity contribution in [1.82, 2.24) is 0 Å². The molecule has 3 N–H and O–H groups in total. The Bertz CT molecular complexity index is 1350. The molecular formula is C46H79NO11P+. The number of aliphatic hydroxyl groups is 2. The minimum absolute atomic E-state index is 0.00862. The highest BCUT2D eigenvalue weighted by atomic mass is 31.2. The predicted octanol–water partition coefficient (Wildman–Crippen LogP) is 9.05. The van der Waals surface area contributed by atoms with Crippen molar-refractivity contribution in [2.24, 2.45) is 11.8 Å². The number of hydrogen-bond acceptors (Lipinski definition) is 10. The van der Waals surface area contributed by atoms with E-state index in [0.29, 0.717) is 43.1 Å². The Labute approximate surface area is 356 Å². The summed E-state index contributed by atoms with van der Waals surface area (Å²) >= 11 is 0. The molecule has 0 bridgehead atoms. The molecule has 1 unspecified atom stereocenters. The molecule has 1 saturated carbocycles. The first-order valence-electron chi connectivity index (χ1n) is 22.1. The first-order chi connectivity index (χ1) is 28.2. The Kier molecular flexibility index (Phi) is 30.4. The van der Waals surface area contributed by atoms with Gasteiger partial charge >= 0.3 is 19.8 Å². The van der Waals surface area contributed by atoms with Crippen LogP contribution in [0.3, 0.4) is 0 Å². The zero-order chi connectivity index (χ0) is 43.8. The highest BCUT2D eigenvalue weighted by molar-refractivity contribution is 7.47. The van der Waals surface area contributed by atoms with E-state index in [1.54, 1.807) is 12.2 Å². The largest absolute Gasteiger partial charge is 0.472 e. The summed E-state index contributed by atoms with van der Waals surface area (Å²) in [6.45, 7) is 3.85. The second-order valence-electron chi connectivity index (χ2n) is 16.5. The van der Waals surface area contributed by atoms with Gasteiger partial charge < -0.3 is 29.1 Å². The molecule has 12 nitrogen and oxygen atoms in total. The summed E-state index contributed by atoms with van der Waals surface area (Å²) in [5, 5.41) is 20.7. The molecule has 0 amide bonds. The van der Waals surface area contributed by atoms with Crippen LogP contribution in [0, 0.1) is 11.8 Å². The molecule has 59 heavy (non-hydrogen) atoms. The van der Waals surface area contributed by atoms with Crippen LogP contribution in [0.4, 0.5) is 0 Å². The summed E-state index contributed by atoms with van der Waals surface area (Å²) in [5.74, 6) is -1.76. The predicted molar refractivity (Wildman–Crippen MR) is 234 cm³/mol. The number of ketones is 1. The van der Waals surface area contributed by atoms with Crippen LogP contribution in [0.15, 0.2) is 60.8 Å². The Hall–Kier alpha value is -2.70. The van der Waals surface area contributed by atoms with Gasteiger partial charge in [-0.1, -0.05) is 113 Å². The van der Waals surface area contributed by atoms with Crippen molar-refractivity contribution in [1.29, 1.82) is 0 Å². The van der Waals surface area contributed by atoms with Crippen LogP contribution < -0.4 is 0 Å². The SMILES string of the molecule is CC/C=C\C/C=C\C/C=C\CCCCCCCC(=O)OC[C@H](COP(=O)(O)OCC[N+](C)(C)C)OC(=O)CCC/C=C\C[C@H]1C(=O)C[C@@H](O)[C@@H]1/C=C/[C@@H](O)CCCCC. The number of allylic oxidation sites excluding steroid dienone is 8. The minimum atomic E-state index is -4.46. The van der Waals surface area contributed by atoms with Crippen LogP contribution in [-0.4, -0.2) is 103 Å². The fraction of sp³-hybridized carbons (Fsp3) is 0.717. The third-order valence-electron chi connectivity index (χ3n) is 9.90. The molecule has 338 valence electrons. The van der Waals surface area contributed by atoms with Gasteiger partial charge in [-0.3, -0.25) is 23.4 Å². The van der Waals surface area contributed by atoms with E-state index in [4.69, 9.17) is 18.5 Å². The lowest BCUT2D eigenvalue weighted by atomic mass is 9.90. The van der Waals surface area contributed by atoms with Gasteiger partial charge in [0, 0.05) is 31.1 Å². The number of esters is 2. The fourth-order valence-corrected chi connectivity index (χ4v) is 7.10. The number of carbonyl (C=O) groups is 3. The quantitative estimate of drug-likeness (QED) is 0.0183. The molecule has 1 fully saturated rings. The van der Waals surface area contributed by atoms with Crippen LogP contribution in [-0.2, 0) is 37.5 Å². The number of quaternary nitrogens is 1. The molecule has 1 aliphatic rings. The number of phosphoric ester groups is 1. The number of carbonyl (C=O) groups excluding carboxylic acids is 3. The molecule has 0 spiro atoms. The summed E-state index contributed by atoms with van der Waals surface area (Å²) in [6, 6.07) is 0. The van der Waals surface area contributed by atoms with Gasteiger partial charge in [-0.05, 0) is 64.2 Å². The number of ether oxygens (including phenoxy) is 2. The number of hydrogen-bond donors (Lipinski definition) is 3. The van der Waals surface area contributed by atoms with Gasteiger partial charge in [-0.15, -0.1) is 0 Å². The van der Waals surface area contributed by atoms with Gasteiger partial charge in [-0.25, -0.2) is 4.57 Å². The fourth-order valence-electron chi connectivity index (χ4n) is 6.36. The number of rotatable bonds is 35. The molecule has 1 rings (SSSR count). The van der Waals surface area contributed by atoms with Gasteiger partial charge in [0.25, 0.3) is 0 Å². The lowest BCUT2D eigenvalue weighted by molar-refractivity contribution is -0.870. The van der Waals surface area contributed by atoms with E-state index < -0.39 is 44.7 Å². The number of Topliss-reactive ketones (excluding diaryl/α,β-unsaturated/α-hetero) is 1. The van der Waals surface area contributed by atoms with Crippen LogP contribution in [0.2, 0.25) is 0 Å². The number of likely N-dealkylation sites (N-methyl/N-ethyl adjacent to an activating group) is 1. The Morgan fingerprint density at radius 2 is 1.46 bits per heavy atom. The van der Waals surface area contributed by atoms with Crippen molar-refractivity contribution in [2.75, 3.05) is 47.5 Å². The molecule has 0 aliphatic heterocycles. The van der Waals surface area contributed by atoms with Crippen LogP contribution in [0.5, 0.6) is 0 Å². The van der Waals surface area contributed by atoms with Crippen molar-refractivity contribution in [3.05, 3.63) is 60.8 Å². The van der Waals surface area contributed by atoms with Gasteiger partial charge in [0.2, 0.25) is 0 Å². The van der Waals surface area contributed by atoms with Crippen LogP contribution in [0.25, 0.3) is 0 Å². The van der Waals surface area contributed by atoms with E-state index in [0.717, 1.165) is 70.6 Å². The zero-order valence-corrected chi connectivity index (χ0v) is 37.8. The second kappa shape index (κ2) is 33.0. The standard InChI is InChI=1S/C46H78NO11P/c1-6-8-10-11-12-13-14-15-16-17-18-19-20-21-26-30-45(51)55-37-40(38-57-59(53,54)56-35-34-47(3,4)5)58-46(52)31-27-23-22-25-29-41-42(44(50)36-43(41)49)33-32-39(48)28-24-9-7-2/h8,10,12-13,15-16,22,25,32-33,39-42,44,48,50H,6-7,9,11,14,17-21,23-24,26-31,34-38H2,1-5H3/p+1/b10-8-,13-12-,16-15-,25-22-,33-32+/t39-,40+,41+,42+,44+/m0/s1. The first kappa shape index (κ1) is 54.3. The van der Waals surface area contributed by atoms with Crippen molar-refractivity contribution in [2.45, 2.75) is 154 Å². The van der Waals surface area contributed by atoms with Crippen LogP contribution in [0.1, 0.15) is 136 Å². The maximum atomic E-state index is 12.8. The van der Waals surface area contributed by atoms with Gasteiger partial charge in [-0.2, -0.15) is 0 Å². The minimum Gasteiger partial charge on any atom is -0.462 e. The normalized spacial score (nSPS) is 19.8. The molecule has 1 aliphatic carbocycles. The number of aliphatic hydroxyl groups excluding tert-OH is 2. The van der Waals surface area contributed by atoms with Gasteiger partial charge in [0.15, 0.2) is 6.10 Å². The average molecular weight is 853 g/mol. The molecule has 0 heterocycles. The van der Waals surface area contributed by atoms with E-state index in [1.165, 1.54) is 0 Å². The monoisotopic (exact) mass is 853 g/mol. The number of phosphoric acid groups is 1. The second-order valence-corrected chi connectivity index (χ2v) is 17.9. The zero-order valence-electron chi connectivity index (χ0n) is 36.9. The van der Waals surface area contributed by atoms with Crippen LogP contribution >= 0.6 is 7.82 Å². The van der Waals surface area contributed by atoms with Crippen molar-refractivity contribution < 1.29 is 57.1 Å². The third kappa shape index (κ3) is 30.1. The Morgan fingerprint density at radius 1 is 0.814 bits per heavy atom. The molecule has 0 saturated heterocycles. The summed E-state index contributed by atoms with van der Waals surface area (Å²) in [5.41, 5.74) is 0. The number of nitrogens with zero attached hydrogens (tertiary/aromatic N) is 1. The molecule has 0 radical (unpaired) electrons. The number of unbranched alkanes of at least 4 members (excludes halogenated alkanes) is 8. The molecule has 0 aromatic carbocycles. The highest BCUT2D eigenvalue weighted by Crippen LogP contribution is 2.43. The van der Waals surface area contributed by atoms with E-state index >= 15 is 0 Å². The topological polar surface area (TPSA) is 166 Å². The Balaban J connectivity index is 2.54. The lowest BCUT2D eigenvalue weighted by Crippen LogP contribution is -2.37. The smallest absolute Gasteiger partial charge is 0.462 e. The van der Waals surface area contributed by atoms with Crippen molar-refractivity contribution in [3.63, 3.8) is 0 Å². The Morgan fingerprint density at radius 3 is 2.17 bits per heavy atom. The molecule has 6 atom stereocenters. The van der Waals surface area contributed by atoms with E-state index in [-0.39, 0.29) is 50.1 Å². The van der Waals surface area contributed by atoms with Gasteiger partial charge in [0.1, 0.15) is 25.5 Å². The maximum absolute atomic E-state index is 12.8. The first-order valence-corrected chi connectivity index (χ1v) is 23.6. The maximum Gasteiger partial charge on any atom is 0.472 e. The van der Waals surface area contributed by atoms with Crippen molar-refractivity contribution in [3.8, 4) is 0 Å². The lowest BCUT2D eigenvalue weighted by Gasteiger charge is -2.24. The summed E-state index contributed by atoms with van der Waals surface area (Å²) in [7, 11) is 1.29. The summed E-state index contributed by atoms with van der Waals surface area (Å²) < 4.78 is 34.2. The molecule has 13 heteroatoms. The molecule has 0 aromatic rings. The molecular weight excluding hydrogens is 773 g/mol.